The van der Waals surface area contributed by atoms with Crippen LogP contribution >= 0.6 is 23.2 Å². The molecular weight excluding hydrogens is 415 g/mol. The summed E-state index contributed by atoms with van der Waals surface area (Å²) >= 11 is 12.4. The second-order valence-corrected chi connectivity index (χ2v) is 7.73. The van der Waals surface area contributed by atoms with Gasteiger partial charge in [-0.2, -0.15) is 0 Å². The molecule has 1 aromatic heterocycles. The Morgan fingerprint density at radius 1 is 1.03 bits per heavy atom. The lowest BCUT2D eigenvalue weighted by atomic mass is 10.1. The number of aryl methyl sites for hydroxylation is 1. The molecule has 3 aromatic rings. The van der Waals surface area contributed by atoms with E-state index in [1.165, 1.54) is 0 Å². The Bertz CT molecular complexity index is 1100. The number of piperazine rings is 1. The van der Waals surface area contributed by atoms with Crippen LogP contribution < -0.4 is 4.90 Å². The van der Waals surface area contributed by atoms with Crippen LogP contribution in [0.2, 0.25) is 10.0 Å². The van der Waals surface area contributed by atoms with Crippen LogP contribution in [0.1, 0.15) is 26.5 Å². The van der Waals surface area contributed by atoms with Crippen LogP contribution in [-0.2, 0) is 0 Å². The first-order valence-electron chi connectivity index (χ1n) is 9.11. The molecule has 0 aliphatic carbocycles. The highest BCUT2D eigenvalue weighted by Crippen LogP contribution is 2.32. The minimum atomic E-state index is -1.09. The summed E-state index contributed by atoms with van der Waals surface area (Å²) < 4.78 is 5.38. The number of aromatic carboxylic acids is 1. The fourth-order valence-corrected chi connectivity index (χ4v) is 4.26. The molecular formula is C21H18Cl2N2O4. The van der Waals surface area contributed by atoms with Crippen molar-refractivity contribution in [3.8, 4) is 0 Å². The van der Waals surface area contributed by atoms with Crippen molar-refractivity contribution in [2.75, 3.05) is 31.1 Å². The van der Waals surface area contributed by atoms with Crippen LogP contribution in [0, 0.1) is 6.92 Å². The zero-order valence-electron chi connectivity index (χ0n) is 15.6. The first kappa shape index (κ1) is 19.6. The van der Waals surface area contributed by atoms with Gasteiger partial charge in [-0.05, 0) is 42.8 Å². The average molecular weight is 433 g/mol. The summed E-state index contributed by atoms with van der Waals surface area (Å²) in [5, 5.41) is 10.6. The third-order valence-electron chi connectivity index (χ3n) is 5.24. The molecule has 0 bridgehead atoms. The van der Waals surface area contributed by atoms with Gasteiger partial charge in [0.15, 0.2) is 0 Å². The number of fused-ring (bicyclic) bond motifs is 1. The monoisotopic (exact) mass is 432 g/mol. The van der Waals surface area contributed by atoms with E-state index in [1.54, 1.807) is 35.2 Å². The lowest BCUT2D eigenvalue weighted by Crippen LogP contribution is -2.49. The highest BCUT2D eigenvalue weighted by Gasteiger charge is 2.26. The lowest BCUT2D eigenvalue weighted by molar-refractivity contribution is 0.0664. The Morgan fingerprint density at radius 3 is 2.31 bits per heavy atom. The van der Waals surface area contributed by atoms with E-state index in [2.05, 4.69) is 4.90 Å². The molecule has 0 saturated carbocycles. The van der Waals surface area contributed by atoms with Gasteiger partial charge in [0.1, 0.15) is 5.58 Å². The van der Waals surface area contributed by atoms with Crippen LogP contribution in [-0.4, -0.2) is 48.1 Å². The van der Waals surface area contributed by atoms with Gasteiger partial charge >= 0.3 is 5.97 Å². The molecule has 1 saturated heterocycles. The molecule has 2 aromatic carbocycles. The van der Waals surface area contributed by atoms with Crippen molar-refractivity contribution in [1.82, 2.24) is 4.90 Å². The van der Waals surface area contributed by atoms with E-state index in [-0.39, 0.29) is 11.7 Å². The maximum absolute atomic E-state index is 12.9. The van der Waals surface area contributed by atoms with E-state index in [1.807, 2.05) is 13.0 Å². The summed E-state index contributed by atoms with van der Waals surface area (Å²) in [5.74, 6) is -1.34. The Kier molecular flexibility index (Phi) is 5.15. The number of hydrogen-bond acceptors (Lipinski definition) is 4. The maximum Gasteiger partial charge on any atom is 0.371 e. The second-order valence-electron chi connectivity index (χ2n) is 6.91. The average Bonchev–Trinajstić information content (AvgIpc) is 3.14. The van der Waals surface area contributed by atoms with E-state index in [4.69, 9.17) is 32.7 Å². The van der Waals surface area contributed by atoms with Crippen LogP contribution in [0.4, 0.5) is 5.69 Å². The van der Waals surface area contributed by atoms with Crippen molar-refractivity contribution in [3.63, 3.8) is 0 Å². The summed E-state index contributed by atoms with van der Waals surface area (Å²) in [6.45, 7) is 4.29. The fraction of sp³-hybridized carbons (Fsp3) is 0.238. The third kappa shape index (κ3) is 3.54. The summed E-state index contributed by atoms with van der Waals surface area (Å²) in [6, 6.07) is 10.3. The second kappa shape index (κ2) is 7.61. The van der Waals surface area contributed by atoms with Crippen LogP contribution in [0.5, 0.6) is 0 Å². The Balaban J connectivity index is 1.53. The predicted octanol–water partition coefficient (Wildman–Crippen LogP) is 4.71. The van der Waals surface area contributed by atoms with Crippen molar-refractivity contribution in [2.24, 2.45) is 0 Å². The van der Waals surface area contributed by atoms with E-state index >= 15 is 0 Å². The topological polar surface area (TPSA) is 74.0 Å². The van der Waals surface area contributed by atoms with Crippen molar-refractivity contribution in [2.45, 2.75) is 6.92 Å². The van der Waals surface area contributed by atoms with E-state index in [0.29, 0.717) is 47.4 Å². The Labute approximate surface area is 177 Å². The summed E-state index contributed by atoms with van der Waals surface area (Å²) in [6.07, 6.45) is 0. The Morgan fingerprint density at radius 2 is 1.69 bits per heavy atom. The van der Waals surface area contributed by atoms with Crippen LogP contribution in [0.15, 0.2) is 40.8 Å². The standard InChI is InChI=1S/C21H18Cl2N2O4/c1-12-13-11-18(21(27)28)29-17(13)6-5-16(12)24-7-9-25(10-8-24)20(26)19-14(22)3-2-4-15(19)23/h2-6,11H,7-10H2,1H3,(H,27,28). The van der Waals surface area contributed by atoms with Gasteiger partial charge in [-0.15, -0.1) is 0 Å². The molecule has 1 aliphatic heterocycles. The third-order valence-corrected chi connectivity index (χ3v) is 5.87. The minimum Gasteiger partial charge on any atom is -0.475 e. The number of carbonyl (C=O) groups is 2. The largest absolute Gasteiger partial charge is 0.475 e. The SMILES string of the molecule is Cc1c(N2CCN(C(=O)c3c(Cl)cccc3Cl)CC2)ccc2oc(C(=O)O)cc12. The first-order chi connectivity index (χ1) is 13.9. The van der Waals surface area contributed by atoms with E-state index < -0.39 is 5.97 Å². The number of anilines is 1. The van der Waals surface area contributed by atoms with Gasteiger partial charge in [0.05, 0.1) is 15.6 Å². The Hall–Kier alpha value is -2.70. The van der Waals surface area contributed by atoms with Gasteiger partial charge in [0.2, 0.25) is 5.76 Å². The van der Waals surface area contributed by atoms with E-state index in [9.17, 15) is 9.59 Å². The van der Waals surface area contributed by atoms with Crippen molar-refractivity contribution in [1.29, 1.82) is 0 Å². The molecule has 6 nitrogen and oxygen atoms in total. The molecule has 0 unspecified atom stereocenters. The van der Waals surface area contributed by atoms with Crippen molar-refractivity contribution >= 4 is 51.7 Å². The van der Waals surface area contributed by atoms with Gasteiger partial charge in [0.25, 0.3) is 5.91 Å². The molecule has 1 fully saturated rings. The molecule has 2 heterocycles. The fourth-order valence-electron chi connectivity index (χ4n) is 3.70. The molecule has 1 amide bonds. The minimum absolute atomic E-state index is 0.0766. The number of hydrogen-bond donors (Lipinski definition) is 1. The molecule has 4 rings (SSSR count). The number of halogens is 2. The van der Waals surface area contributed by atoms with Crippen molar-refractivity contribution in [3.05, 3.63) is 63.3 Å². The number of rotatable bonds is 3. The van der Waals surface area contributed by atoms with Gasteiger partial charge in [-0.1, -0.05) is 29.3 Å². The van der Waals surface area contributed by atoms with Crippen LogP contribution in [0.3, 0.4) is 0 Å². The molecule has 1 aliphatic rings. The number of amides is 1. The number of carboxylic acid groups (broad SMARTS) is 1. The number of carbonyl (C=O) groups excluding carboxylic acids is 1. The molecule has 150 valence electrons. The highest BCUT2D eigenvalue weighted by molar-refractivity contribution is 6.39. The number of benzene rings is 2. The van der Waals surface area contributed by atoms with E-state index in [0.717, 1.165) is 16.6 Å². The quantitative estimate of drug-likeness (QED) is 0.648. The summed E-state index contributed by atoms with van der Waals surface area (Å²) in [5.41, 5.74) is 2.83. The van der Waals surface area contributed by atoms with Gasteiger partial charge in [-0.3, -0.25) is 4.79 Å². The molecule has 0 atom stereocenters. The molecule has 8 heteroatoms. The lowest BCUT2D eigenvalue weighted by Gasteiger charge is -2.37. The van der Waals surface area contributed by atoms with Gasteiger partial charge in [0, 0.05) is 37.3 Å². The predicted molar refractivity (Wildman–Crippen MR) is 112 cm³/mol. The maximum atomic E-state index is 12.9. The van der Waals surface area contributed by atoms with Gasteiger partial charge < -0.3 is 19.3 Å². The number of nitrogens with zero attached hydrogens (tertiary/aromatic N) is 2. The molecule has 0 spiro atoms. The zero-order valence-corrected chi connectivity index (χ0v) is 17.1. The number of carboxylic acids is 1. The molecule has 0 radical (unpaired) electrons. The number of furan rings is 1. The van der Waals surface area contributed by atoms with Crippen molar-refractivity contribution < 1.29 is 19.1 Å². The van der Waals surface area contributed by atoms with Gasteiger partial charge in [-0.25, -0.2) is 4.79 Å². The normalized spacial score (nSPS) is 14.4. The first-order valence-corrected chi connectivity index (χ1v) is 9.87. The summed E-state index contributed by atoms with van der Waals surface area (Å²) in [7, 11) is 0. The highest BCUT2D eigenvalue weighted by atomic mass is 35.5. The summed E-state index contributed by atoms with van der Waals surface area (Å²) in [4.78, 5) is 28.0. The molecule has 1 N–H and O–H groups in total. The zero-order chi connectivity index (χ0) is 20.7. The molecule has 29 heavy (non-hydrogen) atoms. The smallest absolute Gasteiger partial charge is 0.371 e. The van der Waals surface area contributed by atoms with Crippen LogP contribution in [0.25, 0.3) is 11.0 Å².